The van der Waals surface area contributed by atoms with Crippen LogP contribution in [0.2, 0.25) is 0 Å². The Morgan fingerprint density at radius 3 is 2.84 bits per heavy atom. The standard InChI is InChI=1S/C14H22N2O2S/c1-3-12-8-15-14(19-9-13(17)18)16(12)10(2)11-6-4-5-7-11/h8,10-11H,3-7,9H2,1-2H3,(H,17,18). The molecule has 1 aliphatic rings. The molecule has 0 amide bonds. The van der Waals surface area contributed by atoms with Gasteiger partial charge in [0.05, 0.1) is 5.75 Å². The van der Waals surface area contributed by atoms with E-state index in [1.807, 2.05) is 6.20 Å². The Morgan fingerprint density at radius 2 is 2.26 bits per heavy atom. The molecule has 0 aromatic carbocycles. The third-order valence-corrected chi connectivity index (χ3v) is 4.97. The summed E-state index contributed by atoms with van der Waals surface area (Å²) in [5.41, 5.74) is 1.22. The molecule has 19 heavy (non-hydrogen) atoms. The number of aliphatic carboxylic acids is 1. The van der Waals surface area contributed by atoms with E-state index in [1.165, 1.54) is 43.1 Å². The molecule has 4 nitrogen and oxygen atoms in total. The molecule has 0 radical (unpaired) electrons. The number of aromatic nitrogens is 2. The van der Waals surface area contributed by atoms with Crippen LogP contribution in [0.1, 0.15) is 51.3 Å². The molecule has 0 aliphatic heterocycles. The topological polar surface area (TPSA) is 55.1 Å². The fourth-order valence-corrected chi connectivity index (χ4v) is 3.76. The lowest BCUT2D eigenvalue weighted by Gasteiger charge is -2.24. The molecule has 0 bridgehead atoms. The zero-order chi connectivity index (χ0) is 13.8. The maximum atomic E-state index is 10.7. The fraction of sp³-hybridized carbons (Fsp3) is 0.714. The molecular formula is C14H22N2O2S. The summed E-state index contributed by atoms with van der Waals surface area (Å²) >= 11 is 1.33. The molecule has 1 unspecified atom stereocenters. The van der Waals surface area contributed by atoms with Crippen LogP contribution >= 0.6 is 11.8 Å². The number of carboxylic acids is 1. The first-order chi connectivity index (χ1) is 9.13. The Morgan fingerprint density at radius 1 is 1.58 bits per heavy atom. The van der Waals surface area contributed by atoms with E-state index in [0.29, 0.717) is 12.0 Å². The number of carboxylic acid groups (broad SMARTS) is 1. The molecule has 1 heterocycles. The summed E-state index contributed by atoms with van der Waals surface area (Å²) in [5, 5.41) is 9.68. The highest BCUT2D eigenvalue weighted by atomic mass is 32.2. The number of nitrogens with zero attached hydrogens (tertiary/aromatic N) is 2. The van der Waals surface area contributed by atoms with Gasteiger partial charge in [-0.3, -0.25) is 4.79 Å². The van der Waals surface area contributed by atoms with Gasteiger partial charge in [0.15, 0.2) is 5.16 Å². The molecule has 0 saturated heterocycles. The molecule has 1 saturated carbocycles. The summed E-state index contributed by atoms with van der Waals surface area (Å²) in [6.45, 7) is 4.38. The number of hydrogen-bond acceptors (Lipinski definition) is 3. The second kappa shape index (κ2) is 6.46. The number of thioether (sulfide) groups is 1. The van der Waals surface area contributed by atoms with Crippen LogP contribution in [0.5, 0.6) is 0 Å². The van der Waals surface area contributed by atoms with Crippen molar-refractivity contribution in [2.45, 2.75) is 57.1 Å². The maximum Gasteiger partial charge on any atom is 0.313 e. The summed E-state index contributed by atoms with van der Waals surface area (Å²) < 4.78 is 2.27. The van der Waals surface area contributed by atoms with E-state index in [-0.39, 0.29) is 5.75 Å². The van der Waals surface area contributed by atoms with Crippen molar-refractivity contribution >= 4 is 17.7 Å². The quantitative estimate of drug-likeness (QED) is 0.813. The lowest BCUT2D eigenvalue weighted by Crippen LogP contribution is -2.17. The van der Waals surface area contributed by atoms with Crippen LogP contribution in [0.4, 0.5) is 0 Å². The van der Waals surface area contributed by atoms with Crippen molar-refractivity contribution in [3.8, 4) is 0 Å². The van der Waals surface area contributed by atoms with E-state index >= 15 is 0 Å². The van der Waals surface area contributed by atoms with Crippen LogP contribution in [0.15, 0.2) is 11.4 Å². The number of rotatable bonds is 6. The average Bonchev–Trinajstić information content (AvgIpc) is 3.04. The summed E-state index contributed by atoms with van der Waals surface area (Å²) in [5.74, 6) is 0.00664. The first-order valence-electron chi connectivity index (χ1n) is 7.04. The van der Waals surface area contributed by atoms with E-state index in [9.17, 15) is 4.79 Å². The van der Waals surface area contributed by atoms with E-state index < -0.39 is 5.97 Å². The highest BCUT2D eigenvalue weighted by molar-refractivity contribution is 7.99. The van der Waals surface area contributed by atoms with Crippen molar-refractivity contribution < 1.29 is 9.90 Å². The van der Waals surface area contributed by atoms with Crippen LogP contribution in [-0.4, -0.2) is 26.4 Å². The fourth-order valence-electron chi connectivity index (χ4n) is 2.96. The molecule has 5 heteroatoms. The van der Waals surface area contributed by atoms with Crippen molar-refractivity contribution in [2.75, 3.05) is 5.75 Å². The summed E-state index contributed by atoms with van der Waals surface area (Å²) in [6.07, 6.45) is 8.05. The Bertz CT molecular complexity index is 439. The molecule has 1 atom stereocenters. The van der Waals surface area contributed by atoms with Gasteiger partial charge in [-0.05, 0) is 32.1 Å². The third-order valence-electron chi connectivity index (χ3n) is 4.02. The molecule has 1 aliphatic carbocycles. The van der Waals surface area contributed by atoms with Crippen molar-refractivity contribution in [3.05, 3.63) is 11.9 Å². The number of hydrogen-bond donors (Lipinski definition) is 1. The van der Waals surface area contributed by atoms with Gasteiger partial charge in [0.25, 0.3) is 0 Å². The number of imidazole rings is 1. The minimum absolute atomic E-state index is 0.0809. The van der Waals surface area contributed by atoms with Crippen LogP contribution in [0.3, 0.4) is 0 Å². The summed E-state index contributed by atoms with van der Waals surface area (Å²) in [4.78, 5) is 15.1. The maximum absolute atomic E-state index is 10.7. The van der Waals surface area contributed by atoms with Gasteiger partial charge in [-0.25, -0.2) is 4.98 Å². The lowest BCUT2D eigenvalue weighted by molar-refractivity contribution is -0.133. The van der Waals surface area contributed by atoms with Gasteiger partial charge in [0.2, 0.25) is 0 Å². The van der Waals surface area contributed by atoms with Crippen molar-refractivity contribution in [1.29, 1.82) is 0 Å². The van der Waals surface area contributed by atoms with E-state index in [1.54, 1.807) is 0 Å². The molecule has 2 rings (SSSR count). The predicted molar refractivity (Wildman–Crippen MR) is 76.6 cm³/mol. The van der Waals surface area contributed by atoms with Gasteiger partial charge in [-0.15, -0.1) is 0 Å². The van der Waals surface area contributed by atoms with E-state index in [0.717, 1.165) is 11.6 Å². The minimum atomic E-state index is -0.786. The first kappa shape index (κ1) is 14.4. The second-order valence-electron chi connectivity index (χ2n) is 5.22. The zero-order valence-electron chi connectivity index (χ0n) is 11.6. The summed E-state index contributed by atoms with van der Waals surface area (Å²) in [6, 6.07) is 0.427. The van der Waals surface area contributed by atoms with Gasteiger partial charge in [0, 0.05) is 17.9 Å². The van der Waals surface area contributed by atoms with Crippen LogP contribution in [0, 0.1) is 5.92 Å². The average molecular weight is 282 g/mol. The Labute approximate surface area is 118 Å². The highest BCUT2D eigenvalue weighted by Gasteiger charge is 2.26. The number of aryl methyl sites for hydroxylation is 1. The molecular weight excluding hydrogens is 260 g/mol. The van der Waals surface area contributed by atoms with E-state index in [2.05, 4.69) is 23.4 Å². The number of carbonyl (C=O) groups is 1. The van der Waals surface area contributed by atoms with Gasteiger partial charge in [-0.2, -0.15) is 0 Å². The Balaban J connectivity index is 2.19. The van der Waals surface area contributed by atoms with Crippen molar-refractivity contribution in [3.63, 3.8) is 0 Å². The molecule has 106 valence electrons. The monoisotopic (exact) mass is 282 g/mol. The lowest BCUT2D eigenvalue weighted by atomic mass is 9.99. The predicted octanol–water partition coefficient (Wildman–Crippen LogP) is 3.37. The van der Waals surface area contributed by atoms with Gasteiger partial charge in [0.1, 0.15) is 0 Å². The molecule has 1 fully saturated rings. The smallest absolute Gasteiger partial charge is 0.313 e. The second-order valence-corrected chi connectivity index (χ2v) is 6.17. The van der Waals surface area contributed by atoms with Crippen LogP contribution in [0.25, 0.3) is 0 Å². The normalized spacial score (nSPS) is 17.8. The Kier molecular flexibility index (Phi) is 4.91. The molecule has 1 aromatic rings. The molecule has 1 N–H and O–H groups in total. The van der Waals surface area contributed by atoms with E-state index in [4.69, 9.17) is 5.11 Å². The van der Waals surface area contributed by atoms with Gasteiger partial charge < -0.3 is 9.67 Å². The van der Waals surface area contributed by atoms with Crippen molar-refractivity contribution in [1.82, 2.24) is 9.55 Å². The molecule has 1 aromatic heterocycles. The first-order valence-corrected chi connectivity index (χ1v) is 8.02. The SMILES string of the molecule is CCc1cnc(SCC(=O)O)n1C(C)C1CCCC1. The third kappa shape index (κ3) is 3.32. The van der Waals surface area contributed by atoms with Gasteiger partial charge in [-0.1, -0.05) is 31.5 Å². The van der Waals surface area contributed by atoms with Crippen LogP contribution < -0.4 is 0 Å². The summed E-state index contributed by atoms with van der Waals surface area (Å²) in [7, 11) is 0. The minimum Gasteiger partial charge on any atom is -0.481 e. The van der Waals surface area contributed by atoms with Crippen molar-refractivity contribution in [2.24, 2.45) is 5.92 Å². The van der Waals surface area contributed by atoms with Gasteiger partial charge >= 0.3 is 5.97 Å². The molecule has 0 spiro atoms. The van der Waals surface area contributed by atoms with Crippen LogP contribution in [-0.2, 0) is 11.2 Å². The largest absolute Gasteiger partial charge is 0.481 e. The zero-order valence-corrected chi connectivity index (χ0v) is 12.4. The highest BCUT2D eigenvalue weighted by Crippen LogP contribution is 2.36. The Hall–Kier alpha value is -0.970.